The Kier molecular flexibility index (Phi) is 7.17. The number of nitrogens with one attached hydrogen (secondary N) is 1. The summed E-state index contributed by atoms with van der Waals surface area (Å²) >= 11 is 17.6. The number of hydrogen-bond acceptors (Lipinski definition) is 4. The minimum Gasteiger partial charge on any atom is -0.505 e. The highest BCUT2D eigenvalue weighted by molar-refractivity contribution is 7.90. The zero-order valence-corrected chi connectivity index (χ0v) is 16.6. The molecule has 2 rings (SSSR count). The Morgan fingerprint density at radius 3 is 2.38 bits per heavy atom. The van der Waals surface area contributed by atoms with Gasteiger partial charge >= 0.3 is 0 Å². The number of benzene rings is 2. The standard InChI is InChI=1S/C17H16Cl3NO4S/c18-12-9-13(19)16(22)14(15(12)20)17(23)21-7-4-8-26(24,25)10-11-5-2-1-3-6-11/h1-3,5-6,9,22H,4,7-8,10H2,(H,21,23). The number of phenolic OH excluding ortho intramolecular Hbond substituents is 1. The first kappa shape index (κ1) is 20.8. The summed E-state index contributed by atoms with van der Waals surface area (Å²) in [5, 5.41) is 12.2. The van der Waals surface area contributed by atoms with E-state index in [4.69, 9.17) is 34.8 Å². The molecule has 0 radical (unpaired) electrons. The SMILES string of the molecule is O=C(NCCCS(=O)(=O)Cc1ccccc1)c1c(O)c(Cl)cc(Cl)c1Cl. The molecule has 0 heterocycles. The van der Waals surface area contributed by atoms with Crippen LogP contribution in [0.3, 0.4) is 0 Å². The Balaban J connectivity index is 1.91. The smallest absolute Gasteiger partial charge is 0.256 e. The molecular formula is C17H16Cl3NO4S. The van der Waals surface area contributed by atoms with Gasteiger partial charge < -0.3 is 10.4 Å². The molecule has 0 aliphatic carbocycles. The Labute approximate surface area is 166 Å². The molecule has 0 atom stereocenters. The van der Waals surface area contributed by atoms with Crippen molar-refractivity contribution < 1.29 is 18.3 Å². The van der Waals surface area contributed by atoms with E-state index in [-0.39, 0.29) is 45.1 Å². The molecular weight excluding hydrogens is 421 g/mol. The monoisotopic (exact) mass is 435 g/mol. The number of aromatic hydroxyl groups is 1. The third kappa shape index (κ3) is 5.51. The van der Waals surface area contributed by atoms with Gasteiger partial charge in [0.25, 0.3) is 5.91 Å². The van der Waals surface area contributed by atoms with Gasteiger partial charge in [-0.3, -0.25) is 4.79 Å². The quantitative estimate of drug-likeness (QED) is 0.506. The molecule has 140 valence electrons. The lowest BCUT2D eigenvalue weighted by Gasteiger charge is -2.11. The molecule has 2 N–H and O–H groups in total. The largest absolute Gasteiger partial charge is 0.505 e. The molecule has 0 spiro atoms. The van der Waals surface area contributed by atoms with Gasteiger partial charge in [0.2, 0.25) is 0 Å². The van der Waals surface area contributed by atoms with Gasteiger partial charge in [0.1, 0.15) is 11.3 Å². The van der Waals surface area contributed by atoms with Gasteiger partial charge in [-0.1, -0.05) is 65.1 Å². The molecule has 9 heteroatoms. The Morgan fingerprint density at radius 2 is 1.73 bits per heavy atom. The number of rotatable bonds is 7. The maximum atomic E-state index is 12.2. The summed E-state index contributed by atoms with van der Waals surface area (Å²) in [6.45, 7) is 0.0900. The summed E-state index contributed by atoms with van der Waals surface area (Å²) in [5.41, 5.74) is 0.470. The second-order valence-electron chi connectivity index (χ2n) is 5.56. The van der Waals surface area contributed by atoms with Crippen LogP contribution in [0.1, 0.15) is 22.3 Å². The number of carbonyl (C=O) groups excluding carboxylic acids is 1. The van der Waals surface area contributed by atoms with Crippen LogP contribution in [0.25, 0.3) is 0 Å². The number of carbonyl (C=O) groups is 1. The first-order chi connectivity index (χ1) is 12.2. The fraction of sp³-hybridized carbons (Fsp3) is 0.235. The molecule has 0 unspecified atom stereocenters. The summed E-state index contributed by atoms with van der Waals surface area (Å²) in [6, 6.07) is 10.1. The fourth-order valence-corrected chi connectivity index (χ4v) is 4.40. The minimum atomic E-state index is -3.30. The maximum Gasteiger partial charge on any atom is 0.256 e. The van der Waals surface area contributed by atoms with Gasteiger partial charge in [-0.05, 0) is 18.1 Å². The Hall–Kier alpha value is -1.47. The second-order valence-corrected chi connectivity index (χ2v) is 8.94. The van der Waals surface area contributed by atoms with E-state index in [0.29, 0.717) is 5.56 Å². The third-order valence-corrected chi connectivity index (χ3v) is 6.28. The van der Waals surface area contributed by atoms with E-state index in [1.807, 2.05) is 6.07 Å². The van der Waals surface area contributed by atoms with Crippen LogP contribution in [0.4, 0.5) is 0 Å². The maximum absolute atomic E-state index is 12.2. The summed E-state index contributed by atoms with van der Waals surface area (Å²) < 4.78 is 24.2. The van der Waals surface area contributed by atoms with E-state index in [1.54, 1.807) is 24.3 Å². The summed E-state index contributed by atoms with van der Waals surface area (Å²) in [7, 11) is -3.30. The van der Waals surface area contributed by atoms with Crippen LogP contribution < -0.4 is 5.32 Å². The average molecular weight is 437 g/mol. The highest BCUT2D eigenvalue weighted by Crippen LogP contribution is 2.38. The first-order valence-electron chi connectivity index (χ1n) is 7.60. The summed E-state index contributed by atoms with van der Waals surface area (Å²) in [4.78, 5) is 12.2. The van der Waals surface area contributed by atoms with Crippen molar-refractivity contribution in [2.75, 3.05) is 12.3 Å². The first-order valence-corrected chi connectivity index (χ1v) is 10.6. The van der Waals surface area contributed by atoms with Crippen LogP contribution in [-0.2, 0) is 15.6 Å². The molecule has 0 aliphatic heterocycles. The average Bonchev–Trinajstić information content (AvgIpc) is 2.58. The number of amides is 1. The molecule has 5 nitrogen and oxygen atoms in total. The lowest BCUT2D eigenvalue weighted by Crippen LogP contribution is -2.26. The minimum absolute atomic E-state index is 0.0325. The molecule has 26 heavy (non-hydrogen) atoms. The highest BCUT2D eigenvalue weighted by Gasteiger charge is 2.21. The van der Waals surface area contributed by atoms with Crippen LogP contribution >= 0.6 is 34.8 Å². The van der Waals surface area contributed by atoms with E-state index in [9.17, 15) is 18.3 Å². The van der Waals surface area contributed by atoms with Crippen LogP contribution in [-0.4, -0.2) is 31.7 Å². The normalized spacial score (nSPS) is 11.3. The molecule has 0 fully saturated rings. The number of sulfone groups is 1. The molecule has 0 saturated heterocycles. The van der Waals surface area contributed by atoms with Crippen LogP contribution in [0.15, 0.2) is 36.4 Å². The molecule has 0 saturated carbocycles. The summed E-state index contributed by atoms with van der Waals surface area (Å²) in [5.74, 6) is -1.30. The lowest BCUT2D eigenvalue weighted by molar-refractivity contribution is 0.0951. The third-order valence-electron chi connectivity index (χ3n) is 3.52. The van der Waals surface area contributed by atoms with Crippen LogP contribution in [0.2, 0.25) is 15.1 Å². The van der Waals surface area contributed by atoms with Crippen molar-refractivity contribution in [3.05, 3.63) is 62.6 Å². The van der Waals surface area contributed by atoms with Crippen molar-refractivity contribution in [1.29, 1.82) is 0 Å². The predicted molar refractivity (Wildman–Crippen MR) is 104 cm³/mol. The van der Waals surface area contributed by atoms with Gasteiger partial charge in [0, 0.05) is 6.54 Å². The van der Waals surface area contributed by atoms with Gasteiger partial charge in [0.05, 0.1) is 26.6 Å². The molecule has 0 aromatic heterocycles. The van der Waals surface area contributed by atoms with Crippen molar-refractivity contribution in [3.63, 3.8) is 0 Å². The van der Waals surface area contributed by atoms with Crippen LogP contribution in [0, 0.1) is 0 Å². The second kappa shape index (κ2) is 8.95. The van der Waals surface area contributed by atoms with Gasteiger partial charge in [-0.25, -0.2) is 8.42 Å². The van der Waals surface area contributed by atoms with E-state index in [1.165, 1.54) is 6.07 Å². The lowest BCUT2D eigenvalue weighted by atomic mass is 10.2. The molecule has 1 amide bonds. The van der Waals surface area contributed by atoms with Crippen molar-refractivity contribution in [1.82, 2.24) is 5.32 Å². The zero-order valence-electron chi connectivity index (χ0n) is 13.5. The van der Waals surface area contributed by atoms with Gasteiger partial charge in [-0.15, -0.1) is 0 Å². The Morgan fingerprint density at radius 1 is 1.08 bits per heavy atom. The van der Waals surface area contributed by atoms with E-state index >= 15 is 0 Å². The van der Waals surface area contributed by atoms with Crippen molar-refractivity contribution in [2.24, 2.45) is 0 Å². The molecule has 0 aliphatic rings. The molecule has 2 aromatic carbocycles. The van der Waals surface area contributed by atoms with E-state index in [0.717, 1.165) is 0 Å². The molecule has 0 bridgehead atoms. The van der Waals surface area contributed by atoms with Gasteiger partial charge in [0.15, 0.2) is 9.84 Å². The Bertz CT molecular complexity index is 876. The van der Waals surface area contributed by atoms with Crippen molar-refractivity contribution in [2.45, 2.75) is 12.2 Å². The highest BCUT2D eigenvalue weighted by atomic mass is 35.5. The number of phenols is 1. The van der Waals surface area contributed by atoms with E-state index in [2.05, 4.69) is 5.32 Å². The number of halogens is 3. The fourth-order valence-electron chi connectivity index (χ4n) is 2.28. The van der Waals surface area contributed by atoms with Gasteiger partial charge in [-0.2, -0.15) is 0 Å². The number of hydrogen-bond donors (Lipinski definition) is 2. The van der Waals surface area contributed by atoms with Crippen molar-refractivity contribution >= 4 is 50.5 Å². The van der Waals surface area contributed by atoms with Crippen LogP contribution in [0.5, 0.6) is 5.75 Å². The molecule has 2 aromatic rings. The predicted octanol–water partition coefficient (Wildman–Crippen LogP) is 4.09. The zero-order chi connectivity index (χ0) is 19.3. The topological polar surface area (TPSA) is 83.5 Å². The van der Waals surface area contributed by atoms with Crippen molar-refractivity contribution in [3.8, 4) is 5.75 Å². The summed E-state index contributed by atoms with van der Waals surface area (Å²) in [6.07, 6.45) is 0.216. The van der Waals surface area contributed by atoms with E-state index < -0.39 is 21.5 Å².